The number of rotatable bonds is 9. The van der Waals surface area contributed by atoms with E-state index in [0.29, 0.717) is 0 Å². The summed E-state index contributed by atoms with van der Waals surface area (Å²) in [4.78, 5) is 2.40. The molecule has 0 heterocycles. The molecule has 0 atom stereocenters. The van der Waals surface area contributed by atoms with Crippen molar-refractivity contribution in [2.45, 2.75) is 0 Å². The molecule has 0 saturated carbocycles. The highest BCUT2D eigenvalue weighted by atomic mass is 15.1. The third-order valence-corrected chi connectivity index (χ3v) is 12.3. The van der Waals surface area contributed by atoms with Crippen LogP contribution in [0.15, 0.2) is 261 Å². The first-order chi connectivity index (χ1) is 31.2. The van der Waals surface area contributed by atoms with Crippen LogP contribution in [0.5, 0.6) is 0 Å². The van der Waals surface area contributed by atoms with E-state index in [1.807, 2.05) is 0 Å². The third kappa shape index (κ3) is 7.37. The molecule has 0 aliphatic rings. The third-order valence-electron chi connectivity index (χ3n) is 12.3. The summed E-state index contributed by atoms with van der Waals surface area (Å²) in [6.07, 6.45) is 0. The first-order valence-electron chi connectivity index (χ1n) is 21.7. The number of hydrogen-bond donors (Lipinski definition) is 0. The zero-order valence-corrected chi connectivity index (χ0v) is 34.8. The van der Waals surface area contributed by atoms with Crippen molar-refractivity contribution in [3.8, 4) is 66.8 Å². The Morgan fingerprint density at radius 1 is 0.206 bits per heavy atom. The van der Waals surface area contributed by atoms with Crippen LogP contribution in [0.25, 0.3) is 88.3 Å². The van der Waals surface area contributed by atoms with Crippen molar-refractivity contribution in [3.05, 3.63) is 261 Å². The molecule has 0 bridgehead atoms. The molecule has 11 aromatic carbocycles. The van der Waals surface area contributed by atoms with Gasteiger partial charge in [0.2, 0.25) is 0 Å². The Hall–Kier alpha value is -8.26. The molecule has 0 amide bonds. The van der Waals surface area contributed by atoms with E-state index in [9.17, 15) is 0 Å². The van der Waals surface area contributed by atoms with Gasteiger partial charge < -0.3 is 4.90 Å². The fourth-order valence-electron chi connectivity index (χ4n) is 9.15. The Balaban J connectivity index is 0.989. The maximum absolute atomic E-state index is 2.40. The number of hydrogen-bond acceptors (Lipinski definition) is 1. The van der Waals surface area contributed by atoms with E-state index in [1.54, 1.807) is 0 Å². The van der Waals surface area contributed by atoms with Gasteiger partial charge >= 0.3 is 0 Å². The van der Waals surface area contributed by atoms with Crippen LogP contribution >= 0.6 is 0 Å². The molecule has 0 radical (unpaired) electrons. The highest BCUT2D eigenvalue weighted by Crippen LogP contribution is 2.44. The van der Waals surface area contributed by atoms with E-state index in [4.69, 9.17) is 0 Å². The lowest BCUT2D eigenvalue weighted by Gasteiger charge is -2.28. The van der Waals surface area contributed by atoms with Gasteiger partial charge in [0.1, 0.15) is 0 Å². The Bertz CT molecular complexity index is 3330. The molecule has 1 nitrogen and oxygen atoms in total. The van der Waals surface area contributed by atoms with Crippen molar-refractivity contribution in [1.29, 1.82) is 0 Å². The second kappa shape index (κ2) is 16.7. The van der Waals surface area contributed by atoms with Crippen LogP contribution in [0.2, 0.25) is 0 Å². The Morgan fingerprint density at radius 3 is 1.24 bits per heavy atom. The average Bonchev–Trinajstić information content (AvgIpc) is 3.37. The monoisotopic (exact) mass is 801 g/mol. The van der Waals surface area contributed by atoms with Gasteiger partial charge in [-0.05, 0) is 113 Å². The summed E-state index contributed by atoms with van der Waals surface area (Å²) in [5.74, 6) is 0. The summed E-state index contributed by atoms with van der Waals surface area (Å²) in [5, 5.41) is 5.01. The van der Waals surface area contributed by atoms with Crippen molar-refractivity contribution in [3.63, 3.8) is 0 Å². The lowest BCUT2D eigenvalue weighted by atomic mass is 9.89. The van der Waals surface area contributed by atoms with Gasteiger partial charge in [-0.1, -0.05) is 231 Å². The van der Waals surface area contributed by atoms with Gasteiger partial charge in [0.05, 0.1) is 5.69 Å². The molecule has 11 rings (SSSR count). The molecule has 0 aliphatic heterocycles. The molecule has 0 spiro atoms. The zero-order chi connectivity index (χ0) is 42.0. The Morgan fingerprint density at radius 2 is 0.603 bits per heavy atom. The molecular formula is C62H43N. The van der Waals surface area contributed by atoms with E-state index < -0.39 is 0 Å². The lowest BCUT2D eigenvalue weighted by Crippen LogP contribution is -2.11. The Labute approximate surface area is 369 Å². The smallest absolute Gasteiger partial charge is 0.0540 e. The molecule has 0 N–H and O–H groups in total. The molecule has 1 heteroatoms. The van der Waals surface area contributed by atoms with Crippen LogP contribution in [0.1, 0.15) is 0 Å². The second-order valence-electron chi connectivity index (χ2n) is 16.1. The minimum Gasteiger partial charge on any atom is -0.310 e. The van der Waals surface area contributed by atoms with Crippen LogP contribution in [-0.2, 0) is 0 Å². The predicted molar refractivity (Wildman–Crippen MR) is 269 cm³/mol. The molecule has 0 unspecified atom stereocenters. The summed E-state index contributed by atoms with van der Waals surface area (Å²) in [6, 6.07) is 94.5. The van der Waals surface area contributed by atoms with E-state index >= 15 is 0 Å². The van der Waals surface area contributed by atoms with Gasteiger partial charge in [0.25, 0.3) is 0 Å². The number of nitrogens with zero attached hydrogens (tertiary/aromatic N) is 1. The van der Waals surface area contributed by atoms with Crippen molar-refractivity contribution >= 4 is 38.6 Å². The molecule has 0 fully saturated rings. The van der Waals surface area contributed by atoms with Crippen LogP contribution in [0.3, 0.4) is 0 Å². The quantitative estimate of drug-likeness (QED) is 0.141. The van der Waals surface area contributed by atoms with Crippen molar-refractivity contribution in [2.24, 2.45) is 0 Å². The number of fused-ring (bicyclic) bond motifs is 2. The van der Waals surface area contributed by atoms with E-state index in [-0.39, 0.29) is 0 Å². The van der Waals surface area contributed by atoms with Gasteiger partial charge in [-0.25, -0.2) is 0 Å². The van der Waals surface area contributed by atoms with Crippen molar-refractivity contribution < 1.29 is 0 Å². The predicted octanol–water partition coefficient (Wildman–Crippen LogP) is 17.5. The fourth-order valence-corrected chi connectivity index (χ4v) is 9.15. The van der Waals surface area contributed by atoms with Gasteiger partial charge in [-0.15, -0.1) is 0 Å². The van der Waals surface area contributed by atoms with Gasteiger partial charge in [0, 0.05) is 16.9 Å². The molecule has 63 heavy (non-hydrogen) atoms. The summed E-state index contributed by atoms with van der Waals surface area (Å²) in [7, 11) is 0. The molecule has 296 valence electrons. The zero-order valence-electron chi connectivity index (χ0n) is 34.8. The number of para-hydroxylation sites is 1. The summed E-state index contributed by atoms with van der Waals surface area (Å²) in [5.41, 5.74) is 17.7. The molecule has 0 saturated heterocycles. The molecular weight excluding hydrogens is 759 g/mol. The maximum Gasteiger partial charge on any atom is 0.0540 e. The Kier molecular flexibility index (Phi) is 9.97. The van der Waals surface area contributed by atoms with Gasteiger partial charge in [-0.3, -0.25) is 0 Å². The van der Waals surface area contributed by atoms with Crippen molar-refractivity contribution in [1.82, 2.24) is 0 Å². The van der Waals surface area contributed by atoms with Crippen LogP contribution in [0, 0.1) is 0 Å². The molecule has 0 aromatic heterocycles. The summed E-state index contributed by atoms with van der Waals surface area (Å²) < 4.78 is 0. The SMILES string of the molecule is c1ccc(-c2ccc(-c3ccccc3N(c3ccc(-c4ccc(-c5cccc6ccccc56)cc4)cc3)c3ccc(-c4ccc5ccccc5c4-c4ccccc4)cc3)cc2)cc1. The second-order valence-corrected chi connectivity index (χ2v) is 16.1. The highest BCUT2D eigenvalue weighted by Gasteiger charge is 2.19. The standard InChI is InChI=1S/C62H43N/c1-3-14-44(15-4-1)45-28-32-51(33-29-45)58-22-11-12-25-61(58)63(54-39-34-47(35-40-54)46-26-30-50(31-27-46)57-24-13-20-48-16-7-9-21-56(48)57)55-41-36-52(37-42-55)60-43-38-49-17-8-10-23-59(49)62(60)53-18-5-2-6-19-53/h1-43H. The molecule has 0 aliphatic carbocycles. The van der Waals surface area contributed by atoms with Crippen LogP contribution in [-0.4, -0.2) is 0 Å². The van der Waals surface area contributed by atoms with Crippen LogP contribution in [0.4, 0.5) is 17.1 Å². The topological polar surface area (TPSA) is 3.24 Å². The van der Waals surface area contributed by atoms with Crippen molar-refractivity contribution in [2.75, 3.05) is 4.90 Å². The normalized spacial score (nSPS) is 11.2. The van der Waals surface area contributed by atoms with E-state index in [1.165, 1.54) is 82.7 Å². The number of benzene rings is 11. The minimum atomic E-state index is 1.08. The van der Waals surface area contributed by atoms with E-state index in [0.717, 1.165) is 22.6 Å². The van der Waals surface area contributed by atoms with Gasteiger partial charge in [-0.2, -0.15) is 0 Å². The largest absolute Gasteiger partial charge is 0.310 e. The average molecular weight is 802 g/mol. The maximum atomic E-state index is 2.40. The number of anilines is 3. The summed E-state index contributed by atoms with van der Waals surface area (Å²) in [6.45, 7) is 0. The first-order valence-corrected chi connectivity index (χ1v) is 21.7. The molecule has 11 aromatic rings. The first kappa shape index (κ1) is 37.7. The van der Waals surface area contributed by atoms with Gasteiger partial charge in [0.15, 0.2) is 0 Å². The highest BCUT2D eigenvalue weighted by molar-refractivity contribution is 6.04. The fraction of sp³-hybridized carbons (Fsp3) is 0. The lowest BCUT2D eigenvalue weighted by molar-refractivity contribution is 1.28. The van der Waals surface area contributed by atoms with E-state index in [2.05, 4.69) is 266 Å². The minimum absolute atomic E-state index is 1.08. The van der Waals surface area contributed by atoms with Crippen LogP contribution < -0.4 is 4.90 Å². The summed E-state index contributed by atoms with van der Waals surface area (Å²) >= 11 is 0.